The second-order valence-corrected chi connectivity index (χ2v) is 6.87. The van der Waals surface area contributed by atoms with Crippen LogP contribution in [0.1, 0.15) is 27.9 Å². The van der Waals surface area contributed by atoms with Gasteiger partial charge in [0, 0.05) is 5.38 Å². The summed E-state index contributed by atoms with van der Waals surface area (Å²) >= 11 is 1.27. The molecule has 4 heterocycles. The van der Waals surface area contributed by atoms with Gasteiger partial charge in [-0.05, 0) is 26.0 Å². The van der Waals surface area contributed by atoms with Gasteiger partial charge in [0.2, 0.25) is 0 Å². The summed E-state index contributed by atoms with van der Waals surface area (Å²) in [7, 11) is 0. The molecular weight excluding hydrogens is 358 g/mol. The van der Waals surface area contributed by atoms with Gasteiger partial charge in [-0.25, -0.2) is 9.78 Å². The van der Waals surface area contributed by atoms with Crippen LogP contribution in [0.25, 0.3) is 10.8 Å². The van der Waals surface area contributed by atoms with E-state index < -0.39 is 17.9 Å². The molecule has 10 heteroatoms. The van der Waals surface area contributed by atoms with Crippen LogP contribution < -0.4 is 0 Å². The zero-order valence-corrected chi connectivity index (χ0v) is 14.9. The molecule has 3 aromatic heterocycles. The van der Waals surface area contributed by atoms with Crippen molar-refractivity contribution in [3.8, 4) is 10.8 Å². The predicted octanol–water partition coefficient (Wildman–Crippen LogP) is 1.72. The van der Waals surface area contributed by atoms with Crippen LogP contribution in [-0.4, -0.2) is 47.7 Å². The van der Waals surface area contributed by atoms with Crippen molar-refractivity contribution in [3.63, 3.8) is 0 Å². The topological polar surface area (TPSA) is 114 Å². The summed E-state index contributed by atoms with van der Waals surface area (Å²) in [5, 5.41) is 19.7. The van der Waals surface area contributed by atoms with Gasteiger partial charge < -0.3 is 19.0 Å². The Bertz CT molecular complexity index is 1000. The van der Waals surface area contributed by atoms with Gasteiger partial charge in [-0.15, -0.1) is 21.5 Å². The van der Waals surface area contributed by atoms with E-state index in [0.29, 0.717) is 22.4 Å². The Balaban J connectivity index is 1.64. The maximum absolute atomic E-state index is 12.9. The van der Waals surface area contributed by atoms with Gasteiger partial charge in [-0.1, -0.05) is 0 Å². The molecule has 0 bridgehead atoms. The van der Waals surface area contributed by atoms with E-state index in [9.17, 15) is 14.7 Å². The fraction of sp³-hybridized carbons (Fsp3) is 0.312. The average Bonchev–Trinajstić information content (AvgIpc) is 3.33. The number of rotatable bonds is 3. The first-order valence-electron chi connectivity index (χ1n) is 7.89. The van der Waals surface area contributed by atoms with E-state index in [2.05, 4.69) is 15.2 Å². The molecule has 0 radical (unpaired) electrons. The number of carbonyl (C=O) groups excluding carboxylic acids is 1. The Kier molecular flexibility index (Phi) is 3.83. The molecule has 1 aliphatic heterocycles. The third-order valence-corrected chi connectivity index (χ3v) is 5.13. The van der Waals surface area contributed by atoms with Gasteiger partial charge in [0.1, 0.15) is 23.3 Å². The lowest BCUT2D eigenvalue weighted by Gasteiger charge is -2.32. The summed E-state index contributed by atoms with van der Waals surface area (Å²) in [5.74, 6) is 0.993. The van der Waals surface area contributed by atoms with Crippen LogP contribution in [0.15, 0.2) is 21.9 Å². The molecule has 9 nitrogen and oxygen atoms in total. The van der Waals surface area contributed by atoms with E-state index in [4.69, 9.17) is 4.42 Å². The van der Waals surface area contributed by atoms with Gasteiger partial charge in [0.15, 0.2) is 16.6 Å². The molecule has 0 aliphatic carbocycles. The van der Waals surface area contributed by atoms with E-state index in [0.717, 1.165) is 5.76 Å². The maximum atomic E-state index is 12.9. The van der Waals surface area contributed by atoms with Gasteiger partial charge in [0.05, 0.1) is 13.1 Å². The van der Waals surface area contributed by atoms with Crippen molar-refractivity contribution in [1.29, 1.82) is 0 Å². The molecule has 0 aromatic carbocycles. The summed E-state index contributed by atoms with van der Waals surface area (Å²) in [5.41, 5.74) is 0.190. The number of hydrogen-bond acceptors (Lipinski definition) is 7. The standard InChI is InChI=1S/C16H15N5O4S/c1-8-3-4-12(25-8)14-17-10(7-26-14)15(22)21-6-13-19-18-9(2)20(13)5-11(21)16(23)24/h3-4,7,11H,5-6H2,1-2H3,(H,23,24). The first-order valence-corrected chi connectivity index (χ1v) is 8.77. The lowest BCUT2D eigenvalue weighted by Crippen LogP contribution is -2.50. The quantitative estimate of drug-likeness (QED) is 0.743. The number of aromatic nitrogens is 4. The molecule has 0 saturated carbocycles. The Morgan fingerprint density at radius 3 is 2.81 bits per heavy atom. The first kappa shape index (κ1) is 16.5. The van der Waals surface area contributed by atoms with Crippen molar-refractivity contribution in [2.24, 2.45) is 0 Å². The van der Waals surface area contributed by atoms with Gasteiger partial charge in [-0.3, -0.25) is 4.79 Å². The monoisotopic (exact) mass is 373 g/mol. The number of carboxylic acid groups (broad SMARTS) is 1. The van der Waals surface area contributed by atoms with Crippen LogP contribution in [0, 0.1) is 13.8 Å². The fourth-order valence-electron chi connectivity index (χ4n) is 2.92. The van der Waals surface area contributed by atoms with Crippen molar-refractivity contribution in [3.05, 3.63) is 40.6 Å². The number of aryl methyl sites for hydroxylation is 2. The van der Waals surface area contributed by atoms with Crippen molar-refractivity contribution >= 4 is 23.2 Å². The zero-order valence-electron chi connectivity index (χ0n) is 14.0. The molecule has 0 fully saturated rings. The van der Waals surface area contributed by atoms with Crippen LogP contribution in [0.5, 0.6) is 0 Å². The second-order valence-electron chi connectivity index (χ2n) is 6.01. The van der Waals surface area contributed by atoms with Crippen LogP contribution in [-0.2, 0) is 17.9 Å². The normalized spacial score (nSPS) is 16.5. The number of furan rings is 1. The van der Waals surface area contributed by atoms with E-state index >= 15 is 0 Å². The number of fused-ring (bicyclic) bond motifs is 1. The average molecular weight is 373 g/mol. The third kappa shape index (κ3) is 2.68. The highest BCUT2D eigenvalue weighted by Crippen LogP contribution is 2.27. The molecule has 0 saturated heterocycles. The Hall–Kier alpha value is -3.01. The summed E-state index contributed by atoms with van der Waals surface area (Å²) in [6.45, 7) is 3.77. The van der Waals surface area contributed by atoms with E-state index in [-0.39, 0.29) is 18.8 Å². The molecule has 0 spiro atoms. The highest BCUT2D eigenvalue weighted by Gasteiger charge is 2.37. The number of carbonyl (C=O) groups is 2. The molecule has 3 aromatic rings. The van der Waals surface area contributed by atoms with Gasteiger partial charge in [0.25, 0.3) is 5.91 Å². The first-order chi connectivity index (χ1) is 12.4. The van der Waals surface area contributed by atoms with Crippen LogP contribution >= 0.6 is 11.3 Å². The predicted molar refractivity (Wildman–Crippen MR) is 90.6 cm³/mol. The zero-order chi connectivity index (χ0) is 18.4. The number of aliphatic carboxylic acids is 1. The molecule has 1 atom stereocenters. The number of nitrogens with zero attached hydrogens (tertiary/aromatic N) is 5. The number of thiazole rings is 1. The highest BCUT2D eigenvalue weighted by atomic mass is 32.1. The maximum Gasteiger partial charge on any atom is 0.328 e. The Labute approximate surface area is 151 Å². The van der Waals surface area contributed by atoms with E-state index in [1.165, 1.54) is 16.2 Å². The van der Waals surface area contributed by atoms with Gasteiger partial charge in [-0.2, -0.15) is 0 Å². The summed E-state index contributed by atoms with van der Waals surface area (Å²) in [6, 6.07) is 2.60. The highest BCUT2D eigenvalue weighted by molar-refractivity contribution is 7.13. The molecule has 1 aliphatic rings. The van der Waals surface area contributed by atoms with Crippen molar-refractivity contribution < 1.29 is 19.1 Å². The van der Waals surface area contributed by atoms with Crippen LogP contribution in [0.4, 0.5) is 0 Å². The number of amides is 1. The van der Waals surface area contributed by atoms with E-state index in [1.54, 1.807) is 22.9 Å². The SMILES string of the molecule is Cc1ccc(-c2nc(C(=O)N3Cc4nnc(C)n4CC3C(=O)O)cs2)o1. The van der Waals surface area contributed by atoms with Crippen LogP contribution in [0.3, 0.4) is 0 Å². The molecule has 4 rings (SSSR count). The van der Waals surface area contributed by atoms with Crippen LogP contribution in [0.2, 0.25) is 0 Å². The minimum Gasteiger partial charge on any atom is -0.480 e. The Morgan fingerprint density at radius 1 is 1.31 bits per heavy atom. The minimum atomic E-state index is -1.07. The van der Waals surface area contributed by atoms with E-state index in [1.807, 2.05) is 13.0 Å². The lowest BCUT2D eigenvalue weighted by atomic mass is 10.1. The molecule has 1 amide bonds. The third-order valence-electron chi connectivity index (χ3n) is 4.28. The van der Waals surface area contributed by atoms with Crippen molar-refractivity contribution in [1.82, 2.24) is 24.6 Å². The molecular formula is C16H15N5O4S. The largest absolute Gasteiger partial charge is 0.480 e. The van der Waals surface area contributed by atoms with Crippen molar-refractivity contribution in [2.45, 2.75) is 33.0 Å². The molecule has 26 heavy (non-hydrogen) atoms. The minimum absolute atomic E-state index is 0.0728. The summed E-state index contributed by atoms with van der Waals surface area (Å²) in [6.07, 6.45) is 0. The fourth-order valence-corrected chi connectivity index (χ4v) is 3.67. The number of hydrogen-bond donors (Lipinski definition) is 1. The smallest absolute Gasteiger partial charge is 0.328 e. The molecule has 1 N–H and O–H groups in total. The second kappa shape index (κ2) is 6.06. The van der Waals surface area contributed by atoms with Crippen molar-refractivity contribution in [2.75, 3.05) is 0 Å². The van der Waals surface area contributed by atoms with Gasteiger partial charge >= 0.3 is 5.97 Å². The summed E-state index contributed by atoms with van der Waals surface area (Å²) < 4.78 is 7.25. The lowest BCUT2D eigenvalue weighted by molar-refractivity contribution is -0.143. The number of carboxylic acids is 1. The Morgan fingerprint density at radius 2 is 2.12 bits per heavy atom. The summed E-state index contributed by atoms with van der Waals surface area (Å²) in [4.78, 5) is 30.2. The molecule has 134 valence electrons. The molecule has 1 unspecified atom stereocenters.